The van der Waals surface area contributed by atoms with E-state index in [0.717, 1.165) is 29.7 Å². The third kappa shape index (κ3) is 2.76. The zero-order valence-corrected chi connectivity index (χ0v) is 14.6. The third-order valence-electron chi connectivity index (χ3n) is 5.37. The lowest BCUT2D eigenvalue weighted by Gasteiger charge is -2.35. The molecule has 2 unspecified atom stereocenters. The molecule has 4 rings (SSSR count). The highest BCUT2D eigenvalue weighted by molar-refractivity contribution is 7.14. The molecule has 2 bridgehead atoms. The number of carboxylic acid groups (broad SMARTS) is 1. The standard InChI is InChI=1S/C18H19FN2O3S/c1-9-2-5-13(22)12(6-9)15-16(19)25-18(20-15)21-7-10-3-4-11(8-21)14(10)17(23)24/h2,5-6,10-11,14,22H,3-4,7-8H2,1H3,(H,23,24). The molecule has 1 aliphatic heterocycles. The number of phenols is 1. The Morgan fingerprint density at radius 1 is 1.32 bits per heavy atom. The number of piperidine rings is 1. The number of phenolic OH excluding ortho intramolecular Hbond substituents is 1. The van der Waals surface area contributed by atoms with Gasteiger partial charge >= 0.3 is 5.97 Å². The van der Waals surface area contributed by atoms with Gasteiger partial charge in [-0.1, -0.05) is 23.0 Å². The van der Waals surface area contributed by atoms with E-state index >= 15 is 0 Å². The predicted octanol–water partition coefficient (Wildman–Crippen LogP) is 3.51. The fraction of sp³-hybridized carbons (Fsp3) is 0.444. The first-order valence-corrected chi connectivity index (χ1v) is 9.19. The normalized spacial score (nSPS) is 25.4. The van der Waals surface area contributed by atoms with Gasteiger partial charge in [-0.3, -0.25) is 4.79 Å². The number of hydrogen-bond donors (Lipinski definition) is 2. The molecule has 2 atom stereocenters. The van der Waals surface area contributed by atoms with Crippen LogP contribution in [0.15, 0.2) is 18.2 Å². The first-order valence-electron chi connectivity index (χ1n) is 8.38. The first kappa shape index (κ1) is 16.3. The van der Waals surface area contributed by atoms with Crippen LogP contribution in [0.5, 0.6) is 5.75 Å². The third-order valence-corrected chi connectivity index (χ3v) is 6.28. The summed E-state index contributed by atoms with van der Waals surface area (Å²) in [5.74, 6) is -0.812. The Labute approximate surface area is 148 Å². The van der Waals surface area contributed by atoms with Gasteiger partial charge in [0.2, 0.25) is 5.13 Å². The number of carbonyl (C=O) groups is 1. The second-order valence-electron chi connectivity index (χ2n) is 7.01. The van der Waals surface area contributed by atoms with Crippen LogP contribution < -0.4 is 4.90 Å². The first-order chi connectivity index (χ1) is 11.9. The number of benzene rings is 1. The van der Waals surface area contributed by atoms with Crippen molar-refractivity contribution < 1.29 is 19.4 Å². The summed E-state index contributed by atoms with van der Waals surface area (Å²) < 4.78 is 14.5. The predicted molar refractivity (Wildman–Crippen MR) is 93.5 cm³/mol. The number of aromatic nitrogens is 1. The lowest BCUT2D eigenvalue weighted by molar-refractivity contribution is -0.144. The summed E-state index contributed by atoms with van der Waals surface area (Å²) in [4.78, 5) is 17.9. The SMILES string of the molecule is Cc1ccc(O)c(-c2nc(N3CC4CCC(C3)C4C(=O)O)sc2F)c1. The minimum Gasteiger partial charge on any atom is -0.507 e. The molecule has 2 aliphatic rings. The van der Waals surface area contributed by atoms with Crippen LogP contribution in [0.3, 0.4) is 0 Å². The summed E-state index contributed by atoms with van der Waals surface area (Å²) in [6.45, 7) is 3.07. The lowest BCUT2D eigenvalue weighted by Crippen LogP contribution is -2.44. The van der Waals surface area contributed by atoms with Crippen molar-refractivity contribution in [2.45, 2.75) is 19.8 Å². The van der Waals surface area contributed by atoms with Crippen molar-refractivity contribution in [2.24, 2.45) is 17.8 Å². The van der Waals surface area contributed by atoms with Crippen molar-refractivity contribution in [1.82, 2.24) is 4.98 Å². The number of halogens is 1. The van der Waals surface area contributed by atoms with Crippen LogP contribution in [-0.2, 0) is 4.79 Å². The zero-order valence-electron chi connectivity index (χ0n) is 13.8. The number of nitrogens with zero attached hydrogens (tertiary/aromatic N) is 2. The molecule has 25 heavy (non-hydrogen) atoms. The van der Waals surface area contributed by atoms with Crippen molar-refractivity contribution in [3.05, 3.63) is 28.9 Å². The van der Waals surface area contributed by atoms with Crippen molar-refractivity contribution in [2.75, 3.05) is 18.0 Å². The maximum Gasteiger partial charge on any atom is 0.307 e. The molecule has 1 saturated carbocycles. The molecular formula is C18H19FN2O3S. The molecule has 0 amide bonds. The monoisotopic (exact) mass is 362 g/mol. The summed E-state index contributed by atoms with van der Waals surface area (Å²) in [5.41, 5.74) is 1.47. The average Bonchev–Trinajstić information content (AvgIpc) is 3.07. The Hall–Kier alpha value is -2.15. The van der Waals surface area contributed by atoms with E-state index in [0.29, 0.717) is 23.8 Å². The lowest BCUT2D eigenvalue weighted by atomic mass is 9.85. The van der Waals surface area contributed by atoms with Gasteiger partial charge in [0.05, 0.1) is 5.92 Å². The Bertz CT molecular complexity index is 824. The Morgan fingerprint density at radius 3 is 2.64 bits per heavy atom. The number of hydrogen-bond acceptors (Lipinski definition) is 5. The van der Waals surface area contributed by atoms with Crippen molar-refractivity contribution >= 4 is 22.4 Å². The van der Waals surface area contributed by atoms with Gasteiger partial charge in [-0.2, -0.15) is 4.39 Å². The molecule has 7 heteroatoms. The number of fused-ring (bicyclic) bond motifs is 2. The van der Waals surface area contributed by atoms with E-state index in [2.05, 4.69) is 4.98 Å². The fourth-order valence-corrected chi connectivity index (χ4v) is 5.04. The molecule has 2 heterocycles. The number of aliphatic carboxylic acids is 1. The van der Waals surface area contributed by atoms with Crippen LogP contribution >= 0.6 is 11.3 Å². The second kappa shape index (κ2) is 5.98. The van der Waals surface area contributed by atoms with Crippen molar-refractivity contribution in [3.63, 3.8) is 0 Å². The summed E-state index contributed by atoms with van der Waals surface area (Å²) in [6.07, 6.45) is 1.80. The Kier molecular flexibility index (Phi) is 3.91. The summed E-state index contributed by atoms with van der Waals surface area (Å²) in [5, 5.41) is 19.6. The molecule has 1 aliphatic carbocycles. The Morgan fingerprint density at radius 2 is 2.00 bits per heavy atom. The average molecular weight is 362 g/mol. The van der Waals surface area contributed by atoms with Crippen LogP contribution in [0.1, 0.15) is 18.4 Å². The van der Waals surface area contributed by atoms with Crippen LogP contribution in [0.4, 0.5) is 9.52 Å². The highest BCUT2D eigenvalue weighted by Gasteiger charge is 2.46. The summed E-state index contributed by atoms with van der Waals surface area (Å²) >= 11 is 0.961. The van der Waals surface area contributed by atoms with Gasteiger partial charge in [-0.25, -0.2) is 4.98 Å². The van der Waals surface area contributed by atoms with Gasteiger partial charge < -0.3 is 15.1 Å². The second-order valence-corrected chi connectivity index (χ2v) is 7.93. The molecule has 132 valence electrons. The van der Waals surface area contributed by atoms with Gasteiger partial charge in [0.15, 0.2) is 5.13 Å². The van der Waals surface area contributed by atoms with E-state index in [1.165, 1.54) is 0 Å². The van der Waals surface area contributed by atoms with E-state index in [1.54, 1.807) is 18.2 Å². The molecule has 5 nitrogen and oxygen atoms in total. The van der Waals surface area contributed by atoms with E-state index in [4.69, 9.17) is 0 Å². The molecule has 1 saturated heterocycles. The maximum absolute atomic E-state index is 14.5. The van der Waals surface area contributed by atoms with Crippen LogP contribution in [0.25, 0.3) is 11.3 Å². The van der Waals surface area contributed by atoms with Crippen LogP contribution in [0.2, 0.25) is 0 Å². The minimum absolute atomic E-state index is 0.00556. The largest absolute Gasteiger partial charge is 0.507 e. The van der Waals surface area contributed by atoms with E-state index in [-0.39, 0.29) is 29.2 Å². The fourth-order valence-electron chi connectivity index (χ4n) is 4.21. The number of anilines is 1. The van der Waals surface area contributed by atoms with E-state index < -0.39 is 11.1 Å². The maximum atomic E-state index is 14.5. The van der Waals surface area contributed by atoms with Gasteiger partial charge in [-0.05, 0) is 43.7 Å². The molecule has 2 fully saturated rings. The minimum atomic E-state index is -0.720. The zero-order chi connectivity index (χ0) is 17.7. The summed E-state index contributed by atoms with van der Waals surface area (Å²) in [6, 6.07) is 5.03. The molecule has 1 aromatic heterocycles. The molecule has 1 aromatic carbocycles. The van der Waals surface area contributed by atoms with E-state index in [9.17, 15) is 19.4 Å². The number of carboxylic acids is 1. The number of thiazole rings is 1. The topological polar surface area (TPSA) is 73.7 Å². The van der Waals surface area contributed by atoms with E-state index in [1.807, 2.05) is 11.8 Å². The number of aromatic hydroxyl groups is 1. The molecule has 0 spiro atoms. The van der Waals surface area contributed by atoms with Crippen LogP contribution in [-0.4, -0.2) is 34.3 Å². The van der Waals surface area contributed by atoms with Crippen molar-refractivity contribution in [1.29, 1.82) is 0 Å². The quantitative estimate of drug-likeness (QED) is 0.874. The number of aryl methyl sites for hydroxylation is 1. The highest BCUT2D eigenvalue weighted by atomic mass is 32.1. The molecular weight excluding hydrogens is 343 g/mol. The van der Waals surface area contributed by atoms with Gasteiger partial charge in [-0.15, -0.1) is 0 Å². The van der Waals surface area contributed by atoms with Gasteiger partial charge in [0.25, 0.3) is 0 Å². The molecule has 0 radical (unpaired) electrons. The van der Waals surface area contributed by atoms with Crippen molar-refractivity contribution in [3.8, 4) is 17.0 Å². The van der Waals surface area contributed by atoms with Gasteiger partial charge in [0.1, 0.15) is 11.4 Å². The smallest absolute Gasteiger partial charge is 0.307 e. The van der Waals surface area contributed by atoms with Crippen LogP contribution in [0, 0.1) is 29.8 Å². The highest BCUT2D eigenvalue weighted by Crippen LogP contribution is 2.45. The number of rotatable bonds is 3. The molecule has 2 N–H and O–H groups in total. The molecule has 2 aromatic rings. The summed E-state index contributed by atoms with van der Waals surface area (Å²) in [7, 11) is 0. The van der Waals surface area contributed by atoms with Gasteiger partial charge in [0, 0.05) is 18.7 Å². The Balaban J connectivity index is 1.64.